The summed E-state index contributed by atoms with van der Waals surface area (Å²) >= 11 is 0. The van der Waals surface area contributed by atoms with E-state index in [2.05, 4.69) is 17.6 Å². The van der Waals surface area contributed by atoms with Crippen molar-refractivity contribution in [2.75, 3.05) is 23.8 Å². The van der Waals surface area contributed by atoms with Crippen LogP contribution in [0.2, 0.25) is 0 Å². The number of unbranched alkanes of at least 4 members (excludes halogenated alkanes) is 1. The largest absolute Gasteiger partial charge is 0.494 e. The molecule has 0 saturated heterocycles. The van der Waals surface area contributed by atoms with Gasteiger partial charge in [-0.15, -0.1) is 0 Å². The van der Waals surface area contributed by atoms with Crippen LogP contribution in [0.15, 0.2) is 42.5 Å². The second-order valence-corrected chi connectivity index (χ2v) is 7.95. The van der Waals surface area contributed by atoms with Crippen molar-refractivity contribution >= 4 is 23.3 Å². The zero-order valence-corrected chi connectivity index (χ0v) is 18.0. The number of hydrogen-bond donors (Lipinski definition) is 2. The molecule has 0 fully saturated rings. The quantitative estimate of drug-likeness (QED) is 0.629. The molecule has 0 saturated carbocycles. The molecular formula is C24H31N3O3. The molecule has 3 amide bonds. The molecule has 160 valence electrons. The summed E-state index contributed by atoms with van der Waals surface area (Å²) in [6, 6.07) is 12.9. The summed E-state index contributed by atoms with van der Waals surface area (Å²) in [5.74, 6) is 0.950. The third kappa shape index (κ3) is 5.75. The minimum atomic E-state index is -0.305. The molecule has 3 rings (SSSR count). The Morgan fingerprint density at radius 1 is 1.03 bits per heavy atom. The summed E-state index contributed by atoms with van der Waals surface area (Å²) in [5.41, 5.74) is 3.72. The maximum Gasteiger partial charge on any atom is 0.323 e. The van der Waals surface area contributed by atoms with Crippen molar-refractivity contribution in [2.45, 2.75) is 46.6 Å². The zero-order chi connectivity index (χ0) is 21.5. The fourth-order valence-electron chi connectivity index (χ4n) is 3.45. The lowest BCUT2D eigenvalue weighted by Gasteiger charge is -2.30. The Kier molecular flexibility index (Phi) is 7.33. The highest BCUT2D eigenvalue weighted by Crippen LogP contribution is 2.24. The van der Waals surface area contributed by atoms with Gasteiger partial charge in [0.1, 0.15) is 5.75 Å². The van der Waals surface area contributed by atoms with Crippen LogP contribution in [0, 0.1) is 5.92 Å². The number of anilines is 2. The fraction of sp³-hybridized carbons (Fsp3) is 0.417. The van der Waals surface area contributed by atoms with Crippen molar-refractivity contribution < 1.29 is 14.3 Å². The van der Waals surface area contributed by atoms with Crippen LogP contribution in [0.4, 0.5) is 16.2 Å². The molecule has 0 bridgehead atoms. The molecule has 30 heavy (non-hydrogen) atoms. The van der Waals surface area contributed by atoms with Crippen LogP contribution < -0.4 is 15.4 Å². The number of urea groups is 1. The molecule has 2 aromatic carbocycles. The number of amides is 3. The Hall–Kier alpha value is -3.02. The number of fused-ring (bicyclic) bond motifs is 1. The van der Waals surface area contributed by atoms with Gasteiger partial charge >= 0.3 is 6.03 Å². The number of benzene rings is 2. The number of ether oxygens (including phenoxy) is 1. The van der Waals surface area contributed by atoms with Crippen LogP contribution in [-0.4, -0.2) is 30.0 Å². The summed E-state index contributed by atoms with van der Waals surface area (Å²) in [6.45, 7) is 7.99. The number of carbonyl (C=O) groups is 2. The number of rotatable bonds is 7. The maximum atomic E-state index is 12.4. The predicted octanol–water partition coefficient (Wildman–Crippen LogP) is 5.05. The van der Waals surface area contributed by atoms with Crippen molar-refractivity contribution in [3.8, 4) is 5.75 Å². The third-order valence-electron chi connectivity index (χ3n) is 5.16. The highest BCUT2D eigenvalue weighted by Gasteiger charge is 2.22. The summed E-state index contributed by atoms with van der Waals surface area (Å²) in [6.07, 6.45) is 2.95. The monoisotopic (exact) mass is 409 g/mol. The number of nitrogens with one attached hydrogen (secondary N) is 2. The van der Waals surface area contributed by atoms with Crippen LogP contribution in [0.3, 0.4) is 0 Å². The van der Waals surface area contributed by atoms with Gasteiger partial charge in [-0.3, -0.25) is 4.79 Å². The number of nitrogens with zero attached hydrogens (tertiary/aromatic N) is 1. The van der Waals surface area contributed by atoms with Gasteiger partial charge in [0.25, 0.3) is 0 Å². The van der Waals surface area contributed by atoms with Crippen LogP contribution in [0.5, 0.6) is 5.75 Å². The Labute approximate surface area is 178 Å². The molecule has 6 heteroatoms. The molecule has 1 heterocycles. The lowest BCUT2D eigenvalue weighted by atomic mass is 9.98. The van der Waals surface area contributed by atoms with E-state index < -0.39 is 0 Å². The fourth-order valence-corrected chi connectivity index (χ4v) is 3.45. The average Bonchev–Trinajstić information content (AvgIpc) is 2.74. The summed E-state index contributed by atoms with van der Waals surface area (Å²) in [4.78, 5) is 26.6. The highest BCUT2D eigenvalue weighted by atomic mass is 16.5. The van der Waals surface area contributed by atoms with Gasteiger partial charge in [-0.25, -0.2) is 4.79 Å². The molecule has 1 aliphatic rings. The Balaban J connectivity index is 1.57. The maximum absolute atomic E-state index is 12.4. The van der Waals surface area contributed by atoms with Gasteiger partial charge in [0.05, 0.1) is 6.61 Å². The first-order valence-corrected chi connectivity index (χ1v) is 10.7. The number of hydrogen-bond acceptors (Lipinski definition) is 3. The molecule has 0 aromatic heterocycles. The van der Waals surface area contributed by atoms with Gasteiger partial charge < -0.3 is 20.3 Å². The molecule has 0 spiro atoms. The minimum Gasteiger partial charge on any atom is -0.494 e. The van der Waals surface area contributed by atoms with Gasteiger partial charge in [0.2, 0.25) is 5.91 Å². The molecule has 2 aromatic rings. The van der Waals surface area contributed by atoms with E-state index in [0.29, 0.717) is 24.5 Å². The van der Waals surface area contributed by atoms with Crippen molar-refractivity contribution in [1.29, 1.82) is 0 Å². The first-order valence-electron chi connectivity index (χ1n) is 10.7. The number of carbonyl (C=O) groups excluding carboxylic acids is 2. The molecule has 1 aliphatic heterocycles. The molecule has 6 nitrogen and oxygen atoms in total. The van der Waals surface area contributed by atoms with Crippen LogP contribution in [0.1, 0.15) is 44.7 Å². The third-order valence-corrected chi connectivity index (χ3v) is 5.16. The molecular weight excluding hydrogens is 378 g/mol. The van der Waals surface area contributed by atoms with E-state index in [1.807, 2.05) is 61.2 Å². The van der Waals surface area contributed by atoms with Gasteiger partial charge in [0.15, 0.2) is 0 Å². The van der Waals surface area contributed by atoms with Gasteiger partial charge in [-0.05, 0) is 60.4 Å². The lowest BCUT2D eigenvalue weighted by Crippen LogP contribution is -2.38. The summed E-state index contributed by atoms with van der Waals surface area (Å²) < 4.78 is 5.64. The summed E-state index contributed by atoms with van der Waals surface area (Å²) in [5, 5.41) is 5.72. The Bertz CT molecular complexity index is 878. The molecule has 0 aliphatic carbocycles. The van der Waals surface area contributed by atoms with E-state index in [-0.39, 0.29) is 17.9 Å². The van der Waals surface area contributed by atoms with Crippen LogP contribution in [0.25, 0.3) is 0 Å². The lowest BCUT2D eigenvalue weighted by molar-refractivity contribution is -0.135. The second kappa shape index (κ2) is 10.1. The molecule has 0 unspecified atom stereocenters. The van der Waals surface area contributed by atoms with E-state index in [0.717, 1.165) is 37.1 Å². The van der Waals surface area contributed by atoms with Crippen molar-refractivity contribution in [2.24, 2.45) is 5.92 Å². The van der Waals surface area contributed by atoms with Crippen LogP contribution >= 0.6 is 0 Å². The van der Waals surface area contributed by atoms with E-state index >= 15 is 0 Å². The summed E-state index contributed by atoms with van der Waals surface area (Å²) in [7, 11) is 0. The molecule has 0 radical (unpaired) electrons. The van der Waals surface area contributed by atoms with Crippen LogP contribution in [-0.2, 0) is 17.8 Å². The van der Waals surface area contributed by atoms with E-state index in [1.54, 1.807) is 0 Å². The van der Waals surface area contributed by atoms with Gasteiger partial charge in [-0.2, -0.15) is 0 Å². The standard InChI is InChI=1S/C24H31N3O3/c1-4-5-14-30-22-10-8-20(9-11-22)25-24(29)26-21-7-6-18-12-13-27(16-19(18)15-21)23(28)17(2)3/h6-11,15,17H,4-5,12-14,16H2,1-3H3,(H2,25,26,29). The van der Waals surface area contributed by atoms with E-state index in [1.165, 1.54) is 5.56 Å². The van der Waals surface area contributed by atoms with Crippen molar-refractivity contribution in [1.82, 2.24) is 4.90 Å². The normalized spacial score (nSPS) is 13.0. The van der Waals surface area contributed by atoms with E-state index in [9.17, 15) is 9.59 Å². The first kappa shape index (κ1) is 21.7. The van der Waals surface area contributed by atoms with Gasteiger partial charge in [0, 0.05) is 30.4 Å². The van der Waals surface area contributed by atoms with E-state index in [4.69, 9.17) is 4.74 Å². The first-order chi connectivity index (χ1) is 14.5. The van der Waals surface area contributed by atoms with Crippen molar-refractivity contribution in [3.63, 3.8) is 0 Å². The SMILES string of the molecule is CCCCOc1ccc(NC(=O)Nc2ccc3c(c2)CN(C(=O)C(C)C)CC3)cc1. The molecule has 2 N–H and O–H groups in total. The average molecular weight is 410 g/mol. The topological polar surface area (TPSA) is 70.7 Å². The zero-order valence-electron chi connectivity index (χ0n) is 18.0. The second-order valence-electron chi connectivity index (χ2n) is 7.95. The predicted molar refractivity (Wildman–Crippen MR) is 120 cm³/mol. The Morgan fingerprint density at radius 2 is 1.73 bits per heavy atom. The smallest absolute Gasteiger partial charge is 0.323 e. The highest BCUT2D eigenvalue weighted by molar-refractivity contribution is 5.99. The molecule has 0 atom stereocenters. The van der Waals surface area contributed by atoms with Crippen molar-refractivity contribution in [3.05, 3.63) is 53.6 Å². The Morgan fingerprint density at radius 3 is 2.43 bits per heavy atom. The minimum absolute atomic E-state index is 0.0120. The van der Waals surface area contributed by atoms with Gasteiger partial charge in [-0.1, -0.05) is 33.3 Å².